The molecule has 0 aromatic heterocycles. The molecule has 2 aromatic carbocycles. The van der Waals surface area contributed by atoms with E-state index in [1.54, 1.807) is 42.5 Å². The van der Waals surface area contributed by atoms with Gasteiger partial charge in [0, 0.05) is 5.56 Å². The zero-order chi connectivity index (χ0) is 13.0. The van der Waals surface area contributed by atoms with Crippen molar-refractivity contribution in [3.05, 3.63) is 65.2 Å². The highest BCUT2D eigenvalue weighted by Crippen LogP contribution is 2.22. The maximum atomic E-state index is 12.3. The second-order valence-corrected chi connectivity index (χ2v) is 3.72. The van der Waals surface area contributed by atoms with Crippen LogP contribution in [0.3, 0.4) is 0 Å². The predicted octanol–water partition coefficient (Wildman–Crippen LogP) is 2.80. The van der Waals surface area contributed by atoms with E-state index in [0.717, 1.165) is 0 Å². The topological polar surface area (TPSA) is 50.1 Å². The van der Waals surface area contributed by atoms with Gasteiger partial charge < -0.3 is 4.74 Å². The first-order valence-electron chi connectivity index (χ1n) is 5.44. The number of nitrogens with zero attached hydrogens (tertiary/aromatic N) is 1. The third-order valence-electron chi connectivity index (χ3n) is 2.61. The number of benzene rings is 2. The van der Waals surface area contributed by atoms with E-state index in [2.05, 4.69) is 0 Å². The molecule has 0 radical (unpaired) electrons. The van der Waals surface area contributed by atoms with Gasteiger partial charge in [-0.3, -0.25) is 4.79 Å². The van der Waals surface area contributed by atoms with Crippen molar-refractivity contribution in [2.24, 2.45) is 0 Å². The molecule has 0 saturated heterocycles. The second kappa shape index (κ2) is 5.15. The Balaban J connectivity index is 2.50. The summed E-state index contributed by atoms with van der Waals surface area (Å²) in [5.74, 6) is 0.326. The SMILES string of the molecule is COc1ccc(C#N)cc1C(=O)c1ccccc1. The number of carbonyl (C=O) groups is 1. The van der Waals surface area contributed by atoms with Crippen molar-refractivity contribution >= 4 is 5.78 Å². The van der Waals surface area contributed by atoms with Crippen molar-refractivity contribution in [2.45, 2.75) is 0 Å². The number of carbonyl (C=O) groups excluding carboxylic acids is 1. The van der Waals surface area contributed by atoms with Crippen LogP contribution in [0.5, 0.6) is 5.75 Å². The normalized spacial score (nSPS) is 9.56. The summed E-state index contributed by atoms with van der Waals surface area (Å²) in [5.41, 5.74) is 1.42. The third kappa shape index (κ3) is 2.23. The minimum atomic E-state index is -0.149. The molecule has 88 valence electrons. The number of hydrogen-bond donors (Lipinski definition) is 0. The van der Waals surface area contributed by atoms with Crippen LogP contribution in [0.25, 0.3) is 0 Å². The van der Waals surface area contributed by atoms with Crippen LogP contribution in [-0.2, 0) is 0 Å². The first-order valence-corrected chi connectivity index (χ1v) is 5.44. The highest BCUT2D eigenvalue weighted by Gasteiger charge is 2.14. The van der Waals surface area contributed by atoms with Crippen LogP contribution in [0.1, 0.15) is 21.5 Å². The molecule has 2 rings (SSSR count). The number of ketones is 1. The van der Waals surface area contributed by atoms with Crippen molar-refractivity contribution in [1.82, 2.24) is 0 Å². The molecule has 0 saturated carbocycles. The summed E-state index contributed by atoms with van der Waals surface area (Å²) in [6.07, 6.45) is 0. The summed E-state index contributed by atoms with van der Waals surface area (Å²) in [5, 5.41) is 8.88. The van der Waals surface area contributed by atoms with Gasteiger partial charge in [0.05, 0.1) is 24.3 Å². The van der Waals surface area contributed by atoms with Crippen LogP contribution in [0, 0.1) is 11.3 Å². The molecule has 0 aliphatic rings. The van der Waals surface area contributed by atoms with Gasteiger partial charge in [-0.1, -0.05) is 30.3 Å². The van der Waals surface area contributed by atoms with Gasteiger partial charge in [-0.05, 0) is 18.2 Å². The number of hydrogen-bond acceptors (Lipinski definition) is 3. The Hall–Kier alpha value is -2.60. The van der Waals surface area contributed by atoms with E-state index in [9.17, 15) is 4.79 Å². The first-order chi connectivity index (χ1) is 8.76. The summed E-state index contributed by atoms with van der Waals surface area (Å²) >= 11 is 0. The van der Waals surface area contributed by atoms with Gasteiger partial charge >= 0.3 is 0 Å². The summed E-state index contributed by atoms with van der Waals surface area (Å²) in [6, 6.07) is 15.7. The average Bonchev–Trinajstić information content (AvgIpc) is 2.46. The Morgan fingerprint density at radius 3 is 2.50 bits per heavy atom. The predicted molar refractivity (Wildman–Crippen MR) is 67.6 cm³/mol. The quantitative estimate of drug-likeness (QED) is 0.771. The molecule has 0 spiro atoms. The first kappa shape index (κ1) is 11.9. The number of rotatable bonds is 3. The van der Waals surface area contributed by atoms with Crippen LogP contribution in [0.15, 0.2) is 48.5 Å². The van der Waals surface area contributed by atoms with Crippen LogP contribution < -0.4 is 4.74 Å². The Labute approximate surface area is 105 Å². The highest BCUT2D eigenvalue weighted by atomic mass is 16.5. The van der Waals surface area contributed by atoms with Crippen LogP contribution in [-0.4, -0.2) is 12.9 Å². The summed E-state index contributed by atoms with van der Waals surface area (Å²) < 4.78 is 5.16. The largest absolute Gasteiger partial charge is 0.496 e. The molecule has 0 bridgehead atoms. The van der Waals surface area contributed by atoms with Crippen LogP contribution >= 0.6 is 0 Å². The fourth-order valence-corrected chi connectivity index (χ4v) is 1.70. The molecule has 18 heavy (non-hydrogen) atoms. The van der Waals surface area contributed by atoms with Crippen molar-refractivity contribution in [1.29, 1.82) is 5.26 Å². The van der Waals surface area contributed by atoms with Crippen molar-refractivity contribution in [3.8, 4) is 11.8 Å². The second-order valence-electron chi connectivity index (χ2n) is 3.72. The van der Waals surface area contributed by atoms with Crippen LogP contribution in [0.2, 0.25) is 0 Å². The van der Waals surface area contributed by atoms with Crippen LogP contribution in [0.4, 0.5) is 0 Å². The molecular weight excluding hydrogens is 226 g/mol. The maximum absolute atomic E-state index is 12.3. The van der Waals surface area contributed by atoms with E-state index >= 15 is 0 Å². The van der Waals surface area contributed by atoms with Gasteiger partial charge in [0.15, 0.2) is 5.78 Å². The molecule has 0 N–H and O–H groups in total. The monoisotopic (exact) mass is 237 g/mol. The lowest BCUT2D eigenvalue weighted by Crippen LogP contribution is -2.04. The van der Waals surface area contributed by atoms with E-state index in [1.807, 2.05) is 12.1 Å². The van der Waals surface area contributed by atoms with Crippen molar-refractivity contribution < 1.29 is 9.53 Å². The maximum Gasteiger partial charge on any atom is 0.196 e. The third-order valence-corrected chi connectivity index (χ3v) is 2.61. The van der Waals surface area contributed by atoms with Gasteiger partial charge in [-0.15, -0.1) is 0 Å². The summed E-state index contributed by atoms with van der Waals surface area (Å²) in [7, 11) is 1.50. The lowest BCUT2D eigenvalue weighted by Gasteiger charge is -2.07. The van der Waals surface area contributed by atoms with E-state index in [1.165, 1.54) is 7.11 Å². The zero-order valence-electron chi connectivity index (χ0n) is 9.88. The highest BCUT2D eigenvalue weighted by molar-refractivity contribution is 6.10. The molecule has 3 nitrogen and oxygen atoms in total. The summed E-state index contributed by atoms with van der Waals surface area (Å²) in [6.45, 7) is 0. The fourth-order valence-electron chi connectivity index (χ4n) is 1.70. The molecule has 0 unspecified atom stereocenters. The van der Waals surface area contributed by atoms with Gasteiger partial charge in [0.1, 0.15) is 5.75 Å². The Kier molecular flexibility index (Phi) is 3.40. The summed E-state index contributed by atoms with van der Waals surface area (Å²) in [4.78, 5) is 12.3. The number of nitriles is 1. The Bertz CT molecular complexity index is 612. The standard InChI is InChI=1S/C15H11NO2/c1-18-14-8-7-11(10-16)9-13(14)15(17)12-5-3-2-4-6-12/h2-9H,1H3. The molecule has 3 heteroatoms. The van der Waals surface area contributed by atoms with E-state index in [-0.39, 0.29) is 5.78 Å². The van der Waals surface area contributed by atoms with E-state index in [0.29, 0.717) is 22.4 Å². The molecule has 0 fully saturated rings. The molecule has 0 heterocycles. The fraction of sp³-hybridized carbons (Fsp3) is 0.0667. The number of methoxy groups -OCH3 is 1. The molecule has 0 amide bonds. The smallest absolute Gasteiger partial charge is 0.196 e. The minimum absolute atomic E-state index is 0.149. The Morgan fingerprint density at radius 2 is 1.89 bits per heavy atom. The average molecular weight is 237 g/mol. The molecular formula is C15H11NO2. The molecule has 0 atom stereocenters. The number of ether oxygens (including phenoxy) is 1. The molecule has 0 aliphatic heterocycles. The van der Waals surface area contributed by atoms with Crippen molar-refractivity contribution in [3.63, 3.8) is 0 Å². The minimum Gasteiger partial charge on any atom is -0.496 e. The lowest BCUT2D eigenvalue weighted by atomic mass is 10.0. The lowest BCUT2D eigenvalue weighted by molar-refractivity contribution is 0.103. The zero-order valence-corrected chi connectivity index (χ0v) is 9.88. The van der Waals surface area contributed by atoms with Gasteiger partial charge in [-0.2, -0.15) is 5.26 Å². The van der Waals surface area contributed by atoms with Gasteiger partial charge in [0.25, 0.3) is 0 Å². The Morgan fingerprint density at radius 1 is 1.17 bits per heavy atom. The van der Waals surface area contributed by atoms with E-state index < -0.39 is 0 Å². The molecule has 0 aliphatic carbocycles. The molecule has 2 aromatic rings. The van der Waals surface area contributed by atoms with Gasteiger partial charge in [0.2, 0.25) is 0 Å². The van der Waals surface area contributed by atoms with E-state index in [4.69, 9.17) is 10.00 Å². The van der Waals surface area contributed by atoms with Gasteiger partial charge in [-0.25, -0.2) is 0 Å². The van der Waals surface area contributed by atoms with Crippen molar-refractivity contribution in [2.75, 3.05) is 7.11 Å².